The monoisotopic (exact) mass is 576 g/mol. The van der Waals surface area contributed by atoms with E-state index in [4.69, 9.17) is 15.2 Å². The van der Waals surface area contributed by atoms with E-state index >= 15 is 0 Å². The first-order valence-electron chi connectivity index (χ1n) is 11.2. The van der Waals surface area contributed by atoms with Crippen molar-refractivity contribution in [3.63, 3.8) is 0 Å². The van der Waals surface area contributed by atoms with Crippen molar-refractivity contribution in [3.8, 4) is 11.5 Å². The van der Waals surface area contributed by atoms with Crippen LogP contribution >= 0.6 is 20.1 Å². The summed E-state index contributed by atoms with van der Waals surface area (Å²) in [6, 6.07) is 19.3. The van der Waals surface area contributed by atoms with Gasteiger partial charge in [0.2, 0.25) is 0 Å². The first-order valence-corrected chi connectivity index (χ1v) is 14.4. The first kappa shape index (κ1) is 24.5. The molecule has 0 saturated carbocycles. The van der Waals surface area contributed by atoms with E-state index in [1.54, 1.807) is 27.2 Å². The Bertz CT molecular complexity index is 1170. The topological polar surface area (TPSA) is 64.8 Å². The number of halogens is 2. The average molecular weight is 576 g/mol. The standard InChI is InChI=1S/C27H30FIN2O3/c1-18-8-7-9-19(26(18)28)12-13-23-22-17-25(34-3)24(33-2)16-20(22)14-15-31(23)29(27(30)32)21-10-5-4-6-11-21/h4-11,16-17,23H,12-15H2,1-3H3,(H2,30,32)/t23-/m0/s1. The number of methoxy groups -OCH3 is 2. The second kappa shape index (κ2) is 10.7. The molecule has 1 aliphatic rings. The molecule has 1 amide bonds. The third kappa shape index (κ3) is 4.90. The Hall–Kier alpha value is -2.65. The molecule has 0 radical (unpaired) electrons. The number of hydrogen-bond acceptors (Lipinski definition) is 4. The van der Waals surface area contributed by atoms with Crippen molar-refractivity contribution in [1.82, 2.24) is 3.11 Å². The Kier molecular flexibility index (Phi) is 7.73. The third-order valence-corrected chi connectivity index (χ3v) is 11.5. The molecule has 3 aromatic rings. The Balaban J connectivity index is 1.77. The molecule has 2 N–H and O–H groups in total. The van der Waals surface area contributed by atoms with E-state index in [0.29, 0.717) is 42.0 Å². The number of benzene rings is 3. The summed E-state index contributed by atoms with van der Waals surface area (Å²) in [5.74, 6) is 1.17. The minimum atomic E-state index is -2.57. The molecule has 0 aromatic heterocycles. The Morgan fingerprint density at radius 3 is 2.47 bits per heavy atom. The molecule has 180 valence electrons. The van der Waals surface area contributed by atoms with Gasteiger partial charge in [0, 0.05) is 0 Å². The normalized spacial score (nSPS) is 16.0. The number of nitrogens with zero attached hydrogens (tertiary/aromatic N) is 1. The second-order valence-corrected chi connectivity index (χ2v) is 13.3. The molecule has 1 aliphatic heterocycles. The molecule has 4 rings (SSSR count). The summed E-state index contributed by atoms with van der Waals surface area (Å²) in [5, 5.41) is 0. The van der Waals surface area contributed by atoms with Crippen LogP contribution in [0.3, 0.4) is 0 Å². The van der Waals surface area contributed by atoms with E-state index in [-0.39, 0.29) is 15.8 Å². The predicted octanol–water partition coefficient (Wildman–Crippen LogP) is 6.05. The summed E-state index contributed by atoms with van der Waals surface area (Å²) in [5.41, 5.74) is 9.60. The van der Waals surface area contributed by atoms with Gasteiger partial charge in [0.1, 0.15) is 0 Å². The summed E-state index contributed by atoms with van der Waals surface area (Å²) in [7, 11) is 3.25. The number of carbonyl (C=O) groups is 1. The van der Waals surface area contributed by atoms with Crippen molar-refractivity contribution in [2.24, 2.45) is 5.73 Å². The molecule has 0 bridgehead atoms. The molecule has 1 atom stereocenters. The minimum absolute atomic E-state index is 0.0821. The number of primary amides is 1. The van der Waals surface area contributed by atoms with E-state index in [1.807, 2.05) is 54.6 Å². The SMILES string of the molecule is COc1cc2c(cc1OC)[C@H](CCc1cccc(C)c1F)N(I(C(N)=O)c1ccccc1)CC2. The molecule has 0 unspecified atom stereocenters. The predicted molar refractivity (Wildman–Crippen MR) is 141 cm³/mol. The molecule has 0 fully saturated rings. The van der Waals surface area contributed by atoms with Crippen LogP contribution in [0.4, 0.5) is 9.18 Å². The van der Waals surface area contributed by atoms with E-state index in [1.165, 1.54) is 0 Å². The molecule has 34 heavy (non-hydrogen) atoms. The molecule has 5 nitrogen and oxygen atoms in total. The van der Waals surface area contributed by atoms with Crippen LogP contribution in [-0.2, 0) is 12.8 Å². The van der Waals surface area contributed by atoms with Crippen LogP contribution in [0.1, 0.15) is 34.7 Å². The van der Waals surface area contributed by atoms with Gasteiger partial charge in [-0.2, -0.15) is 0 Å². The van der Waals surface area contributed by atoms with Gasteiger partial charge in [-0.3, -0.25) is 0 Å². The fourth-order valence-corrected chi connectivity index (χ4v) is 9.57. The summed E-state index contributed by atoms with van der Waals surface area (Å²) in [6.07, 6.45) is 2.00. The van der Waals surface area contributed by atoms with Crippen LogP contribution in [-0.4, -0.2) is 27.8 Å². The number of aryl methyl sites for hydroxylation is 2. The fourth-order valence-electron chi connectivity index (χ4n) is 4.56. The van der Waals surface area contributed by atoms with Crippen molar-refractivity contribution in [2.75, 3.05) is 20.8 Å². The Labute approximate surface area is 207 Å². The molecule has 7 heteroatoms. The summed E-state index contributed by atoms with van der Waals surface area (Å²) < 4.78 is 29.0. The Morgan fingerprint density at radius 1 is 1.09 bits per heavy atom. The van der Waals surface area contributed by atoms with Crippen LogP contribution in [0.25, 0.3) is 0 Å². The number of ether oxygens (including phenoxy) is 2. The van der Waals surface area contributed by atoms with Crippen molar-refractivity contribution in [3.05, 3.63) is 92.3 Å². The quantitative estimate of drug-likeness (QED) is 0.154. The van der Waals surface area contributed by atoms with Gasteiger partial charge in [-0.05, 0) is 0 Å². The average Bonchev–Trinajstić information content (AvgIpc) is 2.85. The molecule has 1 heterocycles. The van der Waals surface area contributed by atoms with E-state index < -0.39 is 20.1 Å². The number of rotatable bonds is 8. The van der Waals surface area contributed by atoms with Crippen LogP contribution in [0.5, 0.6) is 11.5 Å². The molecule has 3 aromatic carbocycles. The fraction of sp³-hybridized carbons (Fsp3) is 0.296. The van der Waals surface area contributed by atoms with Gasteiger partial charge in [-0.1, -0.05) is 0 Å². The molecule has 0 aliphatic carbocycles. The zero-order valence-electron chi connectivity index (χ0n) is 19.7. The summed E-state index contributed by atoms with van der Waals surface area (Å²) in [4.78, 5) is 12.8. The van der Waals surface area contributed by atoms with Crippen LogP contribution in [0.2, 0.25) is 0 Å². The van der Waals surface area contributed by atoms with Crippen molar-refractivity contribution in [2.45, 2.75) is 32.2 Å². The van der Waals surface area contributed by atoms with Crippen molar-refractivity contribution >= 4 is 24.0 Å². The maximum absolute atomic E-state index is 14.8. The van der Waals surface area contributed by atoms with Crippen LogP contribution < -0.4 is 15.2 Å². The number of fused-ring (bicyclic) bond motifs is 1. The first-order chi connectivity index (χ1) is 16.4. The van der Waals surface area contributed by atoms with E-state index in [9.17, 15) is 9.18 Å². The number of amides is 1. The third-order valence-electron chi connectivity index (χ3n) is 6.23. The van der Waals surface area contributed by atoms with Gasteiger partial charge in [0.25, 0.3) is 0 Å². The summed E-state index contributed by atoms with van der Waals surface area (Å²) in [6.45, 7) is 2.50. The van der Waals surface area contributed by atoms with Crippen molar-refractivity contribution in [1.29, 1.82) is 0 Å². The van der Waals surface area contributed by atoms with Gasteiger partial charge in [0.05, 0.1) is 0 Å². The number of nitrogens with two attached hydrogens (primary N) is 1. The molecular weight excluding hydrogens is 546 g/mol. The van der Waals surface area contributed by atoms with Gasteiger partial charge in [-0.15, -0.1) is 0 Å². The van der Waals surface area contributed by atoms with Gasteiger partial charge < -0.3 is 0 Å². The van der Waals surface area contributed by atoms with E-state index in [2.05, 4.69) is 3.11 Å². The van der Waals surface area contributed by atoms with Crippen LogP contribution in [0, 0.1) is 16.3 Å². The second-order valence-electron chi connectivity index (χ2n) is 8.24. The van der Waals surface area contributed by atoms with Gasteiger partial charge >= 0.3 is 208 Å². The molecule has 0 spiro atoms. The molecule has 0 saturated heterocycles. The van der Waals surface area contributed by atoms with E-state index in [0.717, 1.165) is 21.1 Å². The molecular formula is C27H30FIN2O3. The number of hydrogen-bond donors (Lipinski definition) is 1. The maximum atomic E-state index is 14.8. The zero-order valence-corrected chi connectivity index (χ0v) is 21.8. The zero-order chi connectivity index (χ0) is 24.2. The van der Waals surface area contributed by atoms with Gasteiger partial charge in [0.15, 0.2) is 0 Å². The number of carbonyl (C=O) groups excluding carboxylic acids is 1. The Morgan fingerprint density at radius 2 is 1.79 bits per heavy atom. The van der Waals surface area contributed by atoms with Gasteiger partial charge in [-0.25, -0.2) is 0 Å². The van der Waals surface area contributed by atoms with Crippen LogP contribution in [0.15, 0.2) is 60.7 Å². The summed E-state index contributed by atoms with van der Waals surface area (Å²) >= 11 is -2.57. The van der Waals surface area contributed by atoms with Crippen molar-refractivity contribution < 1.29 is 18.7 Å².